The lowest BCUT2D eigenvalue weighted by atomic mass is 9.93. The van der Waals surface area contributed by atoms with Crippen molar-refractivity contribution in [2.75, 3.05) is 26.3 Å². The van der Waals surface area contributed by atoms with E-state index in [1.807, 2.05) is 6.92 Å². The van der Waals surface area contributed by atoms with E-state index in [0.29, 0.717) is 17.2 Å². The van der Waals surface area contributed by atoms with Crippen LogP contribution in [0.1, 0.15) is 65.7 Å². The van der Waals surface area contributed by atoms with Gasteiger partial charge in [-0.1, -0.05) is 58.3 Å². The van der Waals surface area contributed by atoms with Gasteiger partial charge in [0.25, 0.3) is 0 Å². The molecular formula is C22H38N2O2. The van der Waals surface area contributed by atoms with Crippen LogP contribution in [0.4, 0.5) is 0 Å². The van der Waals surface area contributed by atoms with Crippen molar-refractivity contribution in [1.29, 1.82) is 0 Å². The molecule has 0 aliphatic heterocycles. The largest absolute Gasteiger partial charge is 0.383 e. The van der Waals surface area contributed by atoms with Crippen LogP contribution in [-0.2, 0) is 9.53 Å². The van der Waals surface area contributed by atoms with Crippen LogP contribution >= 0.6 is 0 Å². The van der Waals surface area contributed by atoms with Gasteiger partial charge in [0.2, 0.25) is 5.78 Å². The van der Waals surface area contributed by atoms with E-state index in [2.05, 4.69) is 37.6 Å². The highest BCUT2D eigenvalue weighted by Crippen LogP contribution is 2.24. The van der Waals surface area contributed by atoms with Crippen molar-refractivity contribution in [3.05, 3.63) is 35.7 Å². The predicted molar refractivity (Wildman–Crippen MR) is 110 cm³/mol. The summed E-state index contributed by atoms with van der Waals surface area (Å²) < 4.78 is 5.67. The number of hydrogen-bond acceptors (Lipinski definition) is 4. The number of rotatable bonds is 16. The fourth-order valence-corrected chi connectivity index (χ4v) is 2.85. The lowest BCUT2D eigenvalue weighted by molar-refractivity contribution is -0.113. The molecule has 0 aromatic carbocycles. The van der Waals surface area contributed by atoms with E-state index in [9.17, 15) is 4.79 Å². The molecule has 1 rings (SSSR count). The molecule has 4 nitrogen and oxygen atoms in total. The average molecular weight is 363 g/mol. The topological polar surface area (TPSA) is 50.4 Å². The third-order valence-corrected chi connectivity index (χ3v) is 4.81. The Bertz CT molecular complexity index is 506. The first-order valence-corrected chi connectivity index (χ1v) is 10.2. The minimum Gasteiger partial charge on any atom is -0.383 e. The fourth-order valence-electron chi connectivity index (χ4n) is 2.85. The Labute approximate surface area is 160 Å². The predicted octanol–water partition coefficient (Wildman–Crippen LogP) is 4.50. The standard InChI is InChI=1S/C22H38N2O2/c1-6-23-20-19(5)22(25)21(20)24-14-11-9-7-8-10-12-15-26-16-13-18(4)17(2)3/h17,23-24H,4-16H2,1-3H3. The highest BCUT2D eigenvalue weighted by molar-refractivity contribution is 6.18. The summed E-state index contributed by atoms with van der Waals surface area (Å²) in [6, 6.07) is 0. The molecule has 0 unspecified atom stereocenters. The maximum atomic E-state index is 11.8. The monoisotopic (exact) mass is 362 g/mol. The second kappa shape index (κ2) is 12.7. The third-order valence-electron chi connectivity index (χ3n) is 4.81. The molecule has 0 amide bonds. The molecule has 0 saturated heterocycles. The zero-order chi connectivity index (χ0) is 19.4. The van der Waals surface area contributed by atoms with E-state index >= 15 is 0 Å². The van der Waals surface area contributed by atoms with Crippen molar-refractivity contribution in [3.63, 3.8) is 0 Å². The van der Waals surface area contributed by atoms with Gasteiger partial charge in [-0.25, -0.2) is 0 Å². The molecule has 148 valence electrons. The Hall–Kier alpha value is -1.55. The zero-order valence-corrected chi connectivity index (χ0v) is 17.1. The maximum absolute atomic E-state index is 11.8. The van der Waals surface area contributed by atoms with E-state index in [0.717, 1.165) is 51.3 Å². The normalized spacial score (nSPS) is 14.0. The van der Waals surface area contributed by atoms with Crippen molar-refractivity contribution in [2.45, 2.75) is 65.7 Å². The second-order valence-corrected chi connectivity index (χ2v) is 7.31. The van der Waals surface area contributed by atoms with Gasteiger partial charge < -0.3 is 15.4 Å². The first-order chi connectivity index (χ1) is 12.5. The van der Waals surface area contributed by atoms with Gasteiger partial charge in [-0.15, -0.1) is 0 Å². The summed E-state index contributed by atoms with van der Waals surface area (Å²) in [5, 5.41) is 6.45. The molecule has 0 heterocycles. The van der Waals surface area contributed by atoms with Crippen LogP contribution < -0.4 is 10.6 Å². The van der Waals surface area contributed by atoms with Gasteiger partial charge in [0.05, 0.1) is 12.3 Å². The SMILES string of the molecule is C=C1C(=O)C(NCCCCCCCCOCCC(=C)C(C)C)=C1NCC. The van der Waals surface area contributed by atoms with Crippen LogP contribution in [0.15, 0.2) is 35.7 Å². The maximum Gasteiger partial charge on any atom is 0.212 e. The number of hydrogen-bond donors (Lipinski definition) is 2. The van der Waals surface area contributed by atoms with Crippen molar-refractivity contribution in [3.8, 4) is 0 Å². The van der Waals surface area contributed by atoms with E-state index in [1.54, 1.807) is 0 Å². The summed E-state index contributed by atoms with van der Waals surface area (Å²) in [7, 11) is 0. The van der Waals surface area contributed by atoms with E-state index in [1.165, 1.54) is 31.3 Å². The van der Waals surface area contributed by atoms with Crippen molar-refractivity contribution in [1.82, 2.24) is 10.6 Å². The van der Waals surface area contributed by atoms with Crippen molar-refractivity contribution >= 4 is 5.78 Å². The number of Topliss-reactive ketones (excluding diaryl/α,β-unsaturated/α-hetero) is 1. The van der Waals surface area contributed by atoms with Crippen LogP contribution in [0, 0.1) is 5.92 Å². The van der Waals surface area contributed by atoms with Crippen molar-refractivity contribution in [2.24, 2.45) is 5.92 Å². The lowest BCUT2D eigenvalue weighted by Gasteiger charge is -2.26. The minimum atomic E-state index is 0.0536. The quantitative estimate of drug-likeness (QED) is 0.241. The summed E-state index contributed by atoms with van der Waals surface area (Å²) in [5.41, 5.74) is 3.49. The molecule has 0 atom stereocenters. The van der Waals surface area contributed by atoms with E-state index in [-0.39, 0.29) is 5.78 Å². The number of ketones is 1. The number of ether oxygens (including phenoxy) is 1. The molecule has 0 bridgehead atoms. The van der Waals surface area contributed by atoms with Crippen LogP contribution in [0.5, 0.6) is 0 Å². The first-order valence-electron chi connectivity index (χ1n) is 10.2. The number of carbonyl (C=O) groups is 1. The highest BCUT2D eigenvalue weighted by Gasteiger charge is 2.31. The summed E-state index contributed by atoms with van der Waals surface area (Å²) in [5.74, 6) is 0.609. The van der Waals surface area contributed by atoms with Crippen LogP contribution in [0.25, 0.3) is 0 Å². The molecule has 0 fully saturated rings. The first kappa shape index (κ1) is 22.5. The Balaban J connectivity index is 1.92. The van der Waals surface area contributed by atoms with Gasteiger partial charge in [0.1, 0.15) is 5.70 Å². The summed E-state index contributed by atoms with van der Waals surface area (Å²) >= 11 is 0. The molecule has 0 radical (unpaired) electrons. The molecule has 0 spiro atoms. The highest BCUT2D eigenvalue weighted by atomic mass is 16.5. The Morgan fingerprint density at radius 2 is 1.65 bits per heavy atom. The van der Waals surface area contributed by atoms with Crippen LogP contribution in [0.2, 0.25) is 0 Å². The fraction of sp³-hybridized carbons (Fsp3) is 0.682. The van der Waals surface area contributed by atoms with Crippen LogP contribution in [-0.4, -0.2) is 32.1 Å². The number of unbranched alkanes of at least 4 members (excludes halogenated alkanes) is 5. The Morgan fingerprint density at radius 1 is 1.00 bits per heavy atom. The smallest absolute Gasteiger partial charge is 0.212 e. The zero-order valence-electron chi connectivity index (χ0n) is 17.1. The molecular weight excluding hydrogens is 324 g/mol. The molecule has 2 N–H and O–H groups in total. The summed E-state index contributed by atoms with van der Waals surface area (Å²) in [6.45, 7) is 17.6. The summed E-state index contributed by atoms with van der Waals surface area (Å²) in [6.07, 6.45) is 8.13. The molecule has 0 saturated carbocycles. The molecule has 4 heteroatoms. The molecule has 26 heavy (non-hydrogen) atoms. The molecule has 0 aromatic heterocycles. The molecule has 1 aliphatic rings. The molecule has 1 aliphatic carbocycles. The third kappa shape index (κ3) is 7.77. The Morgan fingerprint density at radius 3 is 2.31 bits per heavy atom. The lowest BCUT2D eigenvalue weighted by Crippen LogP contribution is -2.38. The van der Waals surface area contributed by atoms with E-state index in [4.69, 9.17) is 4.74 Å². The van der Waals surface area contributed by atoms with E-state index < -0.39 is 0 Å². The number of likely N-dealkylation sites (N-methyl/N-ethyl adjacent to an activating group) is 1. The Kier molecular flexibility index (Phi) is 11.0. The van der Waals surface area contributed by atoms with Gasteiger partial charge in [0.15, 0.2) is 0 Å². The van der Waals surface area contributed by atoms with Gasteiger partial charge in [0, 0.05) is 25.3 Å². The van der Waals surface area contributed by atoms with Gasteiger partial charge >= 0.3 is 0 Å². The summed E-state index contributed by atoms with van der Waals surface area (Å²) in [4.78, 5) is 11.8. The minimum absolute atomic E-state index is 0.0536. The number of carbonyl (C=O) groups excluding carboxylic acids is 1. The second-order valence-electron chi connectivity index (χ2n) is 7.31. The van der Waals surface area contributed by atoms with Crippen LogP contribution in [0.3, 0.4) is 0 Å². The molecule has 0 aromatic rings. The van der Waals surface area contributed by atoms with Gasteiger partial charge in [-0.2, -0.15) is 0 Å². The van der Waals surface area contributed by atoms with Gasteiger partial charge in [-0.05, 0) is 32.1 Å². The van der Waals surface area contributed by atoms with Crippen molar-refractivity contribution < 1.29 is 9.53 Å². The number of allylic oxidation sites excluding steroid dienone is 2. The van der Waals surface area contributed by atoms with Gasteiger partial charge in [-0.3, -0.25) is 4.79 Å². The number of nitrogens with one attached hydrogen (secondary N) is 2. The average Bonchev–Trinajstić information content (AvgIpc) is 2.63.